The van der Waals surface area contributed by atoms with Crippen LogP contribution in [-0.4, -0.2) is 34.6 Å². The van der Waals surface area contributed by atoms with E-state index in [1.165, 1.54) is 0 Å². The summed E-state index contributed by atoms with van der Waals surface area (Å²) in [7, 11) is 0. The van der Waals surface area contributed by atoms with E-state index in [0.29, 0.717) is 0 Å². The van der Waals surface area contributed by atoms with Gasteiger partial charge in [0.25, 0.3) is 0 Å². The molecule has 1 N–H and O–H groups in total. The Balaban J connectivity index is 1.92. The molecule has 1 atom stereocenters. The lowest BCUT2D eigenvalue weighted by Gasteiger charge is -2.27. The molecular weight excluding hydrogens is 248 g/mol. The van der Waals surface area contributed by atoms with Gasteiger partial charge in [-0.05, 0) is 50.0 Å². The number of hydrogen-bond donors (Lipinski definition) is 1. The topological polar surface area (TPSA) is 36.4 Å². The van der Waals surface area contributed by atoms with Gasteiger partial charge in [-0.2, -0.15) is 0 Å². The molecule has 0 aliphatic carbocycles. The third-order valence-corrected chi connectivity index (χ3v) is 4.50. The molecule has 1 aliphatic rings. The van der Waals surface area contributed by atoms with E-state index in [0.717, 1.165) is 55.4 Å². The van der Waals surface area contributed by atoms with Crippen LogP contribution in [0.5, 0.6) is 0 Å². The van der Waals surface area contributed by atoms with Crippen LogP contribution in [-0.2, 0) is 5.60 Å². The molecule has 1 fully saturated rings. The Hall–Kier alpha value is -1.45. The van der Waals surface area contributed by atoms with Crippen molar-refractivity contribution >= 4 is 10.9 Å². The van der Waals surface area contributed by atoms with E-state index < -0.39 is 5.60 Å². The zero-order valence-corrected chi connectivity index (χ0v) is 12.0. The van der Waals surface area contributed by atoms with Gasteiger partial charge in [0.15, 0.2) is 0 Å². The normalized spacial score (nSPS) is 24.7. The Morgan fingerprint density at radius 3 is 3.00 bits per heavy atom. The van der Waals surface area contributed by atoms with E-state index in [-0.39, 0.29) is 0 Å². The molecule has 1 unspecified atom stereocenters. The van der Waals surface area contributed by atoms with Crippen molar-refractivity contribution in [1.29, 1.82) is 0 Å². The number of likely N-dealkylation sites (tertiary alicyclic amines) is 1. The Labute approximate surface area is 120 Å². The second-order valence-electron chi connectivity index (χ2n) is 5.73. The molecule has 1 saturated heterocycles. The summed E-state index contributed by atoms with van der Waals surface area (Å²) in [6.45, 7) is 5.30. The first-order valence-electron chi connectivity index (χ1n) is 7.51. The molecular formula is C17H22N2O. The number of aromatic nitrogens is 1. The third kappa shape index (κ3) is 2.56. The molecule has 0 amide bonds. The number of fused-ring (bicyclic) bond motifs is 1. The fraction of sp³-hybridized carbons (Fsp3) is 0.471. The molecule has 1 aromatic heterocycles. The van der Waals surface area contributed by atoms with Gasteiger partial charge in [0.05, 0.1) is 11.1 Å². The van der Waals surface area contributed by atoms with Crippen molar-refractivity contribution in [1.82, 2.24) is 9.88 Å². The molecule has 3 rings (SSSR count). The molecule has 20 heavy (non-hydrogen) atoms. The molecule has 2 heterocycles. The average molecular weight is 270 g/mol. The first-order valence-corrected chi connectivity index (χ1v) is 7.51. The molecule has 106 valence electrons. The summed E-state index contributed by atoms with van der Waals surface area (Å²) in [5.41, 5.74) is 1.28. The molecule has 1 aliphatic heterocycles. The number of rotatable bonds is 2. The second-order valence-corrected chi connectivity index (χ2v) is 5.73. The van der Waals surface area contributed by atoms with Gasteiger partial charge in [-0.3, -0.25) is 4.98 Å². The summed E-state index contributed by atoms with van der Waals surface area (Å²) < 4.78 is 0. The van der Waals surface area contributed by atoms with E-state index in [1.54, 1.807) is 0 Å². The van der Waals surface area contributed by atoms with Crippen LogP contribution >= 0.6 is 0 Å². The van der Waals surface area contributed by atoms with Crippen LogP contribution in [0.15, 0.2) is 36.5 Å². The fourth-order valence-electron chi connectivity index (χ4n) is 3.14. The maximum atomic E-state index is 11.0. The van der Waals surface area contributed by atoms with E-state index in [9.17, 15) is 5.11 Å². The van der Waals surface area contributed by atoms with Gasteiger partial charge in [-0.1, -0.05) is 25.1 Å². The van der Waals surface area contributed by atoms with E-state index >= 15 is 0 Å². The summed E-state index contributed by atoms with van der Waals surface area (Å²) in [6.07, 6.45) is 4.49. The van der Waals surface area contributed by atoms with E-state index in [1.807, 2.05) is 12.3 Å². The Bertz CT molecular complexity index is 598. The van der Waals surface area contributed by atoms with Gasteiger partial charge >= 0.3 is 0 Å². The van der Waals surface area contributed by atoms with Crippen LogP contribution in [0.4, 0.5) is 0 Å². The van der Waals surface area contributed by atoms with Crippen molar-refractivity contribution < 1.29 is 5.11 Å². The number of nitrogens with zero attached hydrogens (tertiary/aromatic N) is 2. The smallest absolute Gasteiger partial charge is 0.0910 e. The minimum atomic E-state index is -0.699. The summed E-state index contributed by atoms with van der Waals surface area (Å²) in [5, 5.41) is 12.2. The zero-order chi connectivity index (χ0) is 14.0. The molecule has 1 aromatic carbocycles. The highest BCUT2D eigenvalue weighted by Gasteiger charge is 2.31. The molecule has 3 nitrogen and oxygen atoms in total. The fourth-order valence-corrected chi connectivity index (χ4v) is 3.14. The van der Waals surface area contributed by atoms with Crippen molar-refractivity contribution in [3.8, 4) is 0 Å². The van der Waals surface area contributed by atoms with Gasteiger partial charge in [-0.15, -0.1) is 0 Å². The van der Waals surface area contributed by atoms with Crippen molar-refractivity contribution in [2.75, 3.05) is 19.6 Å². The first kappa shape index (κ1) is 13.5. The molecule has 3 heteroatoms. The lowest BCUT2D eigenvalue weighted by molar-refractivity contribution is 0.0215. The Morgan fingerprint density at radius 1 is 1.25 bits per heavy atom. The van der Waals surface area contributed by atoms with Crippen molar-refractivity contribution in [3.05, 3.63) is 42.1 Å². The van der Waals surface area contributed by atoms with Gasteiger partial charge in [0.2, 0.25) is 0 Å². The molecule has 0 spiro atoms. The van der Waals surface area contributed by atoms with E-state index in [2.05, 4.69) is 41.1 Å². The number of pyridine rings is 1. The van der Waals surface area contributed by atoms with Crippen LogP contribution < -0.4 is 0 Å². The highest BCUT2D eigenvalue weighted by molar-refractivity contribution is 5.79. The predicted molar refractivity (Wildman–Crippen MR) is 81.6 cm³/mol. The van der Waals surface area contributed by atoms with Crippen molar-refractivity contribution in [3.63, 3.8) is 0 Å². The first-order chi connectivity index (χ1) is 9.71. The predicted octanol–water partition coefficient (Wildman–Crippen LogP) is 2.93. The lowest BCUT2D eigenvalue weighted by atomic mass is 9.86. The van der Waals surface area contributed by atoms with E-state index in [4.69, 9.17) is 0 Å². The number of aliphatic hydroxyl groups is 1. The molecule has 0 bridgehead atoms. The van der Waals surface area contributed by atoms with Gasteiger partial charge in [0.1, 0.15) is 0 Å². The standard InChI is InChI=1S/C17H22N2O/c1-2-19-11-4-8-17(20,9-12-19)15-7-6-14-5-3-10-18-16(14)13-15/h3,5-7,10,13,20H,2,4,8-9,11-12H2,1H3. The number of benzene rings is 1. The van der Waals surface area contributed by atoms with Gasteiger partial charge in [-0.25, -0.2) is 0 Å². The zero-order valence-electron chi connectivity index (χ0n) is 12.0. The SMILES string of the molecule is CCN1CCCC(O)(c2ccc3cccnc3c2)CC1. The minimum absolute atomic E-state index is 0.699. The molecule has 0 saturated carbocycles. The maximum absolute atomic E-state index is 11.0. The third-order valence-electron chi connectivity index (χ3n) is 4.50. The lowest BCUT2D eigenvalue weighted by Crippen LogP contribution is -2.29. The summed E-state index contributed by atoms with van der Waals surface area (Å²) >= 11 is 0. The van der Waals surface area contributed by atoms with Crippen LogP contribution in [0.25, 0.3) is 10.9 Å². The van der Waals surface area contributed by atoms with Crippen LogP contribution in [0.3, 0.4) is 0 Å². The highest BCUT2D eigenvalue weighted by atomic mass is 16.3. The molecule has 2 aromatic rings. The highest BCUT2D eigenvalue weighted by Crippen LogP contribution is 2.34. The van der Waals surface area contributed by atoms with Gasteiger partial charge in [0, 0.05) is 18.1 Å². The van der Waals surface area contributed by atoms with Crippen molar-refractivity contribution in [2.45, 2.75) is 31.8 Å². The minimum Gasteiger partial charge on any atom is -0.385 e. The largest absolute Gasteiger partial charge is 0.385 e. The number of hydrogen-bond acceptors (Lipinski definition) is 3. The summed E-state index contributed by atoms with van der Waals surface area (Å²) in [6, 6.07) is 10.2. The monoisotopic (exact) mass is 270 g/mol. The second kappa shape index (κ2) is 5.51. The summed E-state index contributed by atoms with van der Waals surface area (Å²) in [5.74, 6) is 0. The average Bonchev–Trinajstić information content (AvgIpc) is 2.69. The Morgan fingerprint density at radius 2 is 2.15 bits per heavy atom. The van der Waals surface area contributed by atoms with Crippen LogP contribution in [0.1, 0.15) is 31.7 Å². The van der Waals surface area contributed by atoms with Crippen molar-refractivity contribution in [2.24, 2.45) is 0 Å². The van der Waals surface area contributed by atoms with Crippen LogP contribution in [0.2, 0.25) is 0 Å². The van der Waals surface area contributed by atoms with Crippen LogP contribution in [0, 0.1) is 0 Å². The quantitative estimate of drug-likeness (QED) is 0.911. The molecule has 0 radical (unpaired) electrons. The maximum Gasteiger partial charge on any atom is 0.0910 e. The summed E-state index contributed by atoms with van der Waals surface area (Å²) in [4.78, 5) is 6.81. The van der Waals surface area contributed by atoms with Gasteiger partial charge < -0.3 is 10.0 Å². The Kier molecular flexibility index (Phi) is 3.72.